The Morgan fingerprint density at radius 1 is 1.46 bits per heavy atom. The maximum atomic E-state index is 4.57. The van der Waals surface area contributed by atoms with Gasteiger partial charge >= 0.3 is 0 Å². The van der Waals surface area contributed by atoms with Crippen LogP contribution in [-0.4, -0.2) is 16.3 Å². The van der Waals surface area contributed by atoms with E-state index in [2.05, 4.69) is 35.9 Å². The van der Waals surface area contributed by atoms with E-state index in [1.54, 1.807) is 0 Å². The fraction of sp³-hybridized carbons (Fsp3) is 0.700. The lowest BCUT2D eigenvalue weighted by atomic mass is 10.1. The predicted octanol–water partition coefficient (Wildman–Crippen LogP) is 1.42. The van der Waals surface area contributed by atoms with E-state index in [1.165, 1.54) is 17.0 Å². The number of rotatable bonds is 1. The second-order valence-corrected chi connectivity index (χ2v) is 3.98. The number of nitrogens with zero attached hydrogens (tertiary/aromatic N) is 2. The van der Waals surface area contributed by atoms with E-state index in [-0.39, 0.29) is 0 Å². The molecule has 2 heterocycles. The second kappa shape index (κ2) is 3.14. The highest BCUT2D eigenvalue weighted by Crippen LogP contribution is 2.20. The minimum absolute atomic E-state index is 0.474. The first kappa shape index (κ1) is 8.75. The molecule has 1 N–H and O–H groups in total. The maximum absolute atomic E-state index is 4.57. The van der Waals surface area contributed by atoms with Crippen molar-refractivity contribution in [1.29, 1.82) is 0 Å². The molecule has 0 fully saturated rings. The number of aryl methyl sites for hydroxylation is 1. The summed E-state index contributed by atoms with van der Waals surface area (Å²) in [6.45, 7) is 8.55. The molecule has 0 spiro atoms. The first-order chi connectivity index (χ1) is 6.20. The molecule has 2 rings (SSSR count). The van der Waals surface area contributed by atoms with Crippen LogP contribution in [0.4, 0.5) is 0 Å². The number of aromatic nitrogens is 2. The van der Waals surface area contributed by atoms with Crippen LogP contribution in [0.1, 0.15) is 36.8 Å². The summed E-state index contributed by atoms with van der Waals surface area (Å²) in [7, 11) is 0. The zero-order valence-corrected chi connectivity index (χ0v) is 8.59. The van der Waals surface area contributed by atoms with E-state index in [4.69, 9.17) is 0 Å². The van der Waals surface area contributed by atoms with Gasteiger partial charge in [-0.3, -0.25) is 4.68 Å². The molecule has 1 aliphatic heterocycles. The van der Waals surface area contributed by atoms with Crippen molar-refractivity contribution in [3.63, 3.8) is 0 Å². The molecule has 3 heteroatoms. The van der Waals surface area contributed by atoms with Gasteiger partial charge in [0.25, 0.3) is 0 Å². The molecule has 0 saturated heterocycles. The van der Waals surface area contributed by atoms with Crippen LogP contribution >= 0.6 is 0 Å². The van der Waals surface area contributed by atoms with Gasteiger partial charge in [-0.05, 0) is 39.3 Å². The Bertz CT molecular complexity index is 312. The average Bonchev–Trinajstić information content (AvgIpc) is 2.45. The van der Waals surface area contributed by atoms with Crippen molar-refractivity contribution in [2.75, 3.05) is 6.54 Å². The first-order valence-corrected chi connectivity index (χ1v) is 4.97. The van der Waals surface area contributed by atoms with Gasteiger partial charge in [0, 0.05) is 12.6 Å². The highest BCUT2D eigenvalue weighted by molar-refractivity contribution is 5.28. The third kappa shape index (κ3) is 1.37. The third-order valence-electron chi connectivity index (χ3n) is 2.65. The van der Waals surface area contributed by atoms with E-state index in [9.17, 15) is 0 Å². The Morgan fingerprint density at radius 3 is 2.92 bits per heavy atom. The van der Waals surface area contributed by atoms with Crippen LogP contribution in [0.15, 0.2) is 0 Å². The Labute approximate surface area is 79.1 Å². The molecular formula is C10H17N3. The molecule has 0 saturated carbocycles. The van der Waals surface area contributed by atoms with E-state index in [0.717, 1.165) is 19.5 Å². The minimum atomic E-state index is 0.474. The fourth-order valence-electron chi connectivity index (χ4n) is 1.99. The van der Waals surface area contributed by atoms with E-state index >= 15 is 0 Å². The second-order valence-electron chi connectivity index (χ2n) is 3.98. The molecule has 1 aromatic rings. The van der Waals surface area contributed by atoms with Gasteiger partial charge in [-0.15, -0.1) is 0 Å². The molecule has 0 amide bonds. The predicted molar refractivity (Wildman–Crippen MR) is 52.8 cm³/mol. The van der Waals surface area contributed by atoms with Gasteiger partial charge in [-0.1, -0.05) is 0 Å². The summed E-state index contributed by atoms with van der Waals surface area (Å²) in [6, 6.07) is 0.474. The molecule has 72 valence electrons. The van der Waals surface area contributed by atoms with Crippen LogP contribution in [0.25, 0.3) is 0 Å². The molecule has 0 aliphatic carbocycles. The fourth-order valence-corrected chi connectivity index (χ4v) is 1.99. The normalized spacial score (nSPS) is 16.3. The van der Waals surface area contributed by atoms with E-state index < -0.39 is 0 Å². The number of hydrogen-bond acceptors (Lipinski definition) is 2. The zero-order chi connectivity index (χ0) is 9.42. The van der Waals surface area contributed by atoms with Gasteiger partial charge in [0.2, 0.25) is 0 Å². The van der Waals surface area contributed by atoms with Gasteiger partial charge in [0.15, 0.2) is 0 Å². The lowest BCUT2D eigenvalue weighted by Gasteiger charge is -2.17. The van der Waals surface area contributed by atoms with Crippen molar-refractivity contribution in [2.24, 2.45) is 0 Å². The van der Waals surface area contributed by atoms with Crippen molar-refractivity contribution in [3.05, 3.63) is 17.0 Å². The zero-order valence-electron chi connectivity index (χ0n) is 8.59. The quantitative estimate of drug-likeness (QED) is 0.706. The SMILES string of the molecule is Cc1nn(C(C)C)c2c1CCNC2. The lowest BCUT2D eigenvalue weighted by molar-refractivity contribution is 0.485. The molecule has 0 radical (unpaired) electrons. The molecule has 3 nitrogen and oxygen atoms in total. The average molecular weight is 179 g/mol. The van der Waals surface area contributed by atoms with Gasteiger partial charge in [0.05, 0.1) is 11.4 Å². The van der Waals surface area contributed by atoms with Gasteiger partial charge < -0.3 is 5.32 Å². The van der Waals surface area contributed by atoms with Crippen molar-refractivity contribution < 1.29 is 0 Å². The van der Waals surface area contributed by atoms with Gasteiger partial charge in [-0.25, -0.2) is 0 Å². The molecule has 13 heavy (non-hydrogen) atoms. The van der Waals surface area contributed by atoms with Crippen LogP contribution in [-0.2, 0) is 13.0 Å². The number of fused-ring (bicyclic) bond motifs is 1. The Hall–Kier alpha value is -0.830. The number of nitrogens with one attached hydrogen (secondary N) is 1. The Balaban J connectivity index is 2.47. The molecule has 1 aliphatic rings. The molecule has 1 aromatic heterocycles. The summed E-state index contributed by atoms with van der Waals surface area (Å²) < 4.78 is 2.15. The van der Waals surface area contributed by atoms with Gasteiger partial charge in [0.1, 0.15) is 0 Å². The van der Waals surface area contributed by atoms with Crippen LogP contribution in [0, 0.1) is 6.92 Å². The van der Waals surface area contributed by atoms with Crippen LogP contribution in [0.2, 0.25) is 0 Å². The topological polar surface area (TPSA) is 29.9 Å². The minimum Gasteiger partial charge on any atom is -0.311 e. The smallest absolute Gasteiger partial charge is 0.0629 e. The summed E-state index contributed by atoms with van der Waals surface area (Å²) >= 11 is 0. The van der Waals surface area contributed by atoms with E-state index in [1.807, 2.05) is 0 Å². The lowest BCUT2D eigenvalue weighted by Crippen LogP contribution is -2.25. The van der Waals surface area contributed by atoms with Crippen molar-refractivity contribution in [1.82, 2.24) is 15.1 Å². The summed E-state index contributed by atoms with van der Waals surface area (Å²) in [6.07, 6.45) is 1.13. The van der Waals surface area contributed by atoms with Crippen molar-refractivity contribution in [3.8, 4) is 0 Å². The third-order valence-corrected chi connectivity index (χ3v) is 2.65. The first-order valence-electron chi connectivity index (χ1n) is 4.97. The maximum Gasteiger partial charge on any atom is 0.0629 e. The summed E-state index contributed by atoms with van der Waals surface area (Å²) in [4.78, 5) is 0. The van der Waals surface area contributed by atoms with Crippen LogP contribution in [0.5, 0.6) is 0 Å². The highest BCUT2D eigenvalue weighted by Gasteiger charge is 2.18. The number of hydrogen-bond donors (Lipinski definition) is 1. The van der Waals surface area contributed by atoms with Gasteiger partial charge in [-0.2, -0.15) is 5.10 Å². The molecule has 0 unspecified atom stereocenters. The summed E-state index contributed by atoms with van der Waals surface area (Å²) in [5, 5.41) is 7.96. The monoisotopic (exact) mass is 179 g/mol. The van der Waals surface area contributed by atoms with E-state index in [0.29, 0.717) is 6.04 Å². The van der Waals surface area contributed by atoms with Crippen LogP contribution in [0.3, 0.4) is 0 Å². The summed E-state index contributed by atoms with van der Waals surface area (Å²) in [5.74, 6) is 0. The van der Waals surface area contributed by atoms with Crippen LogP contribution < -0.4 is 5.32 Å². The van der Waals surface area contributed by atoms with Crippen molar-refractivity contribution >= 4 is 0 Å². The highest BCUT2D eigenvalue weighted by atomic mass is 15.3. The molecule has 0 atom stereocenters. The summed E-state index contributed by atoms with van der Waals surface area (Å²) in [5.41, 5.74) is 4.07. The molecule has 0 bridgehead atoms. The molecular weight excluding hydrogens is 162 g/mol. The largest absolute Gasteiger partial charge is 0.311 e. The molecule has 0 aromatic carbocycles. The Morgan fingerprint density at radius 2 is 2.23 bits per heavy atom. The standard InChI is InChI=1S/C10H17N3/c1-7(2)13-10-6-11-5-4-9(10)8(3)12-13/h7,11H,4-6H2,1-3H3. The van der Waals surface area contributed by atoms with Crippen molar-refractivity contribution in [2.45, 2.75) is 39.8 Å². The Kier molecular flexibility index (Phi) is 2.12.